The van der Waals surface area contributed by atoms with E-state index in [4.69, 9.17) is 0 Å². The molecule has 0 aromatic heterocycles. The Kier molecular flexibility index (Phi) is 4.92. The third-order valence-electron chi connectivity index (χ3n) is 3.61. The zero-order chi connectivity index (χ0) is 13.0. The molecule has 1 aromatic carbocycles. The van der Waals surface area contributed by atoms with Crippen LogP contribution in [-0.4, -0.2) is 28.2 Å². The van der Waals surface area contributed by atoms with Crippen molar-refractivity contribution < 1.29 is 9.32 Å². The molecule has 4 heteroatoms. The van der Waals surface area contributed by atoms with E-state index >= 15 is 0 Å². The van der Waals surface area contributed by atoms with E-state index in [-0.39, 0.29) is 6.10 Å². The molecule has 0 bridgehead atoms. The van der Waals surface area contributed by atoms with Crippen LogP contribution in [0.25, 0.3) is 0 Å². The Labute approximate surface area is 111 Å². The molecule has 0 amide bonds. The largest absolute Gasteiger partial charge is 0.393 e. The monoisotopic (exact) mass is 267 g/mol. The van der Waals surface area contributed by atoms with E-state index in [1.807, 2.05) is 24.3 Å². The first-order valence-corrected chi connectivity index (χ1v) is 8.04. The van der Waals surface area contributed by atoms with Crippen LogP contribution in [0.15, 0.2) is 29.2 Å². The molecule has 0 aliphatic heterocycles. The number of nitrogens with one attached hydrogen (secondary N) is 1. The molecule has 18 heavy (non-hydrogen) atoms. The Morgan fingerprint density at radius 1 is 1.33 bits per heavy atom. The zero-order valence-electron chi connectivity index (χ0n) is 10.8. The first kappa shape index (κ1) is 13.7. The van der Waals surface area contributed by atoms with Gasteiger partial charge in [-0.2, -0.15) is 0 Å². The van der Waals surface area contributed by atoms with Crippen LogP contribution in [0.1, 0.15) is 24.8 Å². The summed E-state index contributed by atoms with van der Waals surface area (Å²) in [7, 11) is -0.903. The van der Waals surface area contributed by atoms with E-state index in [0.29, 0.717) is 5.92 Å². The average Bonchev–Trinajstić information content (AvgIpc) is 2.76. The Bertz CT molecular complexity index is 405. The lowest BCUT2D eigenvalue weighted by Crippen LogP contribution is -2.27. The lowest BCUT2D eigenvalue weighted by molar-refractivity contribution is 0.131. The second-order valence-electron chi connectivity index (χ2n) is 4.99. The summed E-state index contributed by atoms with van der Waals surface area (Å²) in [6.45, 7) is 1.68. The van der Waals surface area contributed by atoms with Crippen LogP contribution in [0, 0.1) is 5.92 Å². The lowest BCUT2D eigenvalue weighted by Gasteiger charge is -2.15. The van der Waals surface area contributed by atoms with E-state index in [9.17, 15) is 9.32 Å². The van der Waals surface area contributed by atoms with Gasteiger partial charge in [0, 0.05) is 35.0 Å². The van der Waals surface area contributed by atoms with Gasteiger partial charge >= 0.3 is 0 Å². The fourth-order valence-electron chi connectivity index (χ4n) is 2.46. The smallest absolute Gasteiger partial charge is 0.0580 e. The predicted molar refractivity (Wildman–Crippen MR) is 73.8 cm³/mol. The van der Waals surface area contributed by atoms with Crippen molar-refractivity contribution in [3.05, 3.63) is 29.8 Å². The van der Waals surface area contributed by atoms with Crippen molar-refractivity contribution >= 4 is 10.8 Å². The minimum Gasteiger partial charge on any atom is -0.393 e. The van der Waals surface area contributed by atoms with Gasteiger partial charge in [0.15, 0.2) is 0 Å². The lowest BCUT2D eigenvalue weighted by atomic mass is 10.1. The van der Waals surface area contributed by atoms with E-state index in [2.05, 4.69) is 5.32 Å². The molecule has 2 N–H and O–H groups in total. The second-order valence-corrected chi connectivity index (χ2v) is 6.37. The molecule has 0 radical (unpaired) electrons. The standard InChI is InChI=1S/C14H21NO2S/c1-18(17)13-7-5-11(6-8-13)9-15-10-12-3-2-4-14(12)16/h5-8,12,14-16H,2-4,9-10H2,1H3. The summed E-state index contributed by atoms with van der Waals surface area (Å²) in [5.74, 6) is 0.410. The predicted octanol–water partition coefficient (Wildman–Crippen LogP) is 1.67. The molecular weight excluding hydrogens is 246 g/mol. The highest BCUT2D eigenvalue weighted by atomic mass is 32.2. The molecule has 1 fully saturated rings. The summed E-state index contributed by atoms with van der Waals surface area (Å²) in [4.78, 5) is 0.866. The van der Waals surface area contributed by atoms with E-state index in [1.165, 1.54) is 5.56 Å². The fraction of sp³-hybridized carbons (Fsp3) is 0.571. The Balaban J connectivity index is 1.78. The van der Waals surface area contributed by atoms with Gasteiger partial charge in [0.1, 0.15) is 0 Å². The number of benzene rings is 1. The van der Waals surface area contributed by atoms with Gasteiger partial charge in [-0.25, -0.2) is 0 Å². The van der Waals surface area contributed by atoms with Gasteiger partial charge in [-0.15, -0.1) is 0 Å². The maximum absolute atomic E-state index is 11.2. The highest BCUT2D eigenvalue weighted by molar-refractivity contribution is 7.84. The normalized spacial score (nSPS) is 25.2. The van der Waals surface area contributed by atoms with Crippen molar-refractivity contribution in [3.8, 4) is 0 Å². The Morgan fingerprint density at radius 2 is 2.06 bits per heavy atom. The molecule has 1 aliphatic carbocycles. The molecule has 3 nitrogen and oxygen atoms in total. The second kappa shape index (κ2) is 6.45. The average molecular weight is 267 g/mol. The quantitative estimate of drug-likeness (QED) is 0.853. The third kappa shape index (κ3) is 3.64. The first-order valence-electron chi connectivity index (χ1n) is 6.48. The topological polar surface area (TPSA) is 49.3 Å². The fourth-order valence-corrected chi connectivity index (χ4v) is 2.98. The summed E-state index contributed by atoms with van der Waals surface area (Å²) in [5.41, 5.74) is 1.19. The number of aliphatic hydroxyl groups is 1. The maximum Gasteiger partial charge on any atom is 0.0580 e. The van der Waals surface area contributed by atoms with E-state index in [1.54, 1.807) is 6.26 Å². The van der Waals surface area contributed by atoms with Gasteiger partial charge in [0.25, 0.3) is 0 Å². The first-order chi connectivity index (χ1) is 8.66. The van der Waals surface area contributed by atoms with Crippen molar-refractivity contribution in [1.29, 1.82) is 0 Å². The molecule has 0 heterocycles. The molecule has 0 spiro atoms. The van der Waals surface area contributed by atoms with Gasteiger partial charge in [0.2, 0.25) is 0 Å². The minimum absolute atomic E-state index is 0.123. The highest BCUT2D eigenvalue weighted by Crippen LogP contribution is 2.24. The SMILES string of the molecule is CS(=O)c1ccc(CNCC2CCCC2O)cc1. The van der Waals surface area contributed by atoms with Crippen molar-refractivity contribution in [3.63, 3.8) is 0 Å². The van der Waals surface area contributed by atoms with Crippen LogP contribution < -0.4 is 5.32 Å². The Morgan fingerprint density at radius 3 is 2.61 bits per heavy atom. The van der Waals surface area contributed by atoms with Crippen molar-refractivity contribution in [2.45, 2.75) is 36.8 Å². The minimum atomic E-state index is -0.903. The van der Waals surface area contributed by atoms with Gasteiger partial charge in [-0.05, 0) is 36.5 Å². The number of hydrogen-bond donors (Lipinski definition) is 2. The Hall–Kier alpha value is -0.710. The molecule has 2 rings (SSSR count). The molecule has 3 unspecified atom stereocenters. The van der Waals surface area contributed by atoms with Gasteiger partial charge in [-0.1, -0.05) is 18.6 Å². The van der Waals surface area contributed by atoms with Crippen molar-refractivity contribution in [2.24, 2.45) is 5.92 Å². The summed E-state index contributed by atoms with van der Waals surface area (Å²) in [6.07, 6.45) is 4.78. The van der Waals surface area contributed by atoms with Gasteiger partial charge in [-0.3, -0.25) is 4.21 Å². The maximum atomic E-state index is 11.2. The summed E-state index contributed by atoms with van der Waals surface area (Å²) < 4.78 is 11.2. The zero-order valence-corrected chi connectivity index (χ0v) is 11.6. The molecule has 3 atom stereocenters. The molecule has 1 saturated carbocycles. The molecule has 0 saturated heterocycles. The summed E-state index contributed by atoms with van der Waals surface area (Å²) in [6, 6.07) is 7.85. The highest BCUT2D eigenvalue weighted by Gasteiger charge is 2.24. The van der Waals surface area contributed by atoms with Crippen LogP contribution in [0.2, 0.25) is 0 Å². The number of aliphatic hydroxyl groups excluding tert-OH is 1. The summed E-state index contributed by atoms with van der Waals surface area (Å²) in [5, 5.41) is 13.1. The molecule has 1 aliphatic rings. The van der Waals surface area contributed by atoms with Crippen LogP contribution in [0.3, 0.4) is 0 Å². The van der Waals surface area contributed by atoms with Crippen LogP contribution >= 0.6 is 0 Å². The van der Waals surface area contributed by atoms with E-state index < -0.39 is 10.8 Å². The van der Waals surface area contributed by atoms with Crippen molar-refractivity contribution in [1.82, 2.24) is 5.32 Å². The van der Waals surface area contributed by atoms with Crippen molar-refractivity contribution in [2.75, 3.05) is 12.8 Å². The molecule has 1 aromatic rings. The third-order valence-corrected chi connectivity index (χ3v) is 4.55. The summed E-state index contributed by atoms with van der Waals surface area (Å²) >= 11 is 0. The molecule has 100 valence electrons. The van der Waals surface area contributed by atoms with Crippen LogP contribution in [0.4, 0.5) is 0 Å². The van der Waals surface area contributed by atoms with Gasteiger partial charge in [0.05, 0.1) is 6.10 Å². The molecular formula is C14H21NO2S. The van der Waals surface area contributed by atoms with E-state index in [0.717, 1.165) is 37.2 Å². The number of hydrogen-bond acceptors (Lipinski definition) is 3. The van der Waals surface area contributed by atoms with Gasteiger partial charge < -0.3 is 10.4 Å². The van der Waals surface area contributed by atoms with Crippen LogP contribution in [0.5, 0.6) is 0 Å². The van der Waals surface area contributed by atoms with Crippen LogP contribution in [-0.2, 0) is 17.3 Å². The number of rotatable bonds is 5.